The lowest BCUT2D eigenvalue weighted by Crippen LogP contribution is -2.36. The van der Waals surface area contributed by atoms with E-state index in [0.29, 0.717) is 5.96 Å². The zero-order chi connectivity index (χ0) is 13.1. The van der Waals surface area contributed by atoms with Crippen LogP contribution in [-0.4, -0.2) is 23.4 Å². The van der Waals surface area contributed by atoms with Gasteiger partial charge in [0.2, 0.25) is 0 Å². The molecule has 3 nitrogen and oxygen atoms in total. The molecule has 0 bridgehead atoms. The second-order valence-corrected chi connectivity index (χ2v) is 5.94. The fraction of sp³-hybridized carbons (Fsp3) is 0.462. The van der Waals surface area contributed by atoms with Crippen LogP contribution in [0.2, 0.25) is 0 Å². The molecule has 0 spiro atoms. The van der Waals surface area contributed by atoms with Gasteiger partial charge in [-0.25, -0.2) is 4.99 Å². The topological polar surface area (TPSA) is 41.6 Å². The smallest absolute Gasteiger partial charge is 0.191 e. The molecule has 1 aromatic rings. The largest absolute Gasteiger partial charge is 0.370 e. The Morgan fingerprint density at radius 2 is 1.94 bits per heavy atom. The molecule has 0 amide bonds. The first-order chi connectivity index (χ1) is 7.79. The fourth-order valence-corrected chi connectivity index (χ4v) is 1.80. The van der Waals surface area contributed by atoms with Gasteiger partial charge in [0, 0.05) is 18.1 Å². The van der Waals surface area contributed by atoms with Crippen molar-refractivity contribution in [3.63, 3.8) is 0 Å². The molecule has 17 heavy (non-hydrogen) atoms. The van der Waals surface area contributed by atoms with Crippen LogP contribution in [0.5, 0.6) is 0 Å². The molecule has 2 N–H and O–H groups in total. The molecule has 0 saturated heterocycles. The maximum absolute atomic E-state index is 5.96. The number of halogens is 1. The maximum atomic E-state index is 5.96. The molecule has 0 unspecified atom stereocenters. The van der Waals surface area contributed by atoms with E-state index < -0.39 is 0 Å². The van der Waals surface area contributed by atoms with E-state index in [1.807, 2.05) is 50.9 Å². The molecule has 0 aliphatic heterocycles. The average Bonchev–Trinajstić information content (AvgIpc) is 2.18. The van der Waals surface area contributed by atoms with Crippen LogP contribution in [0.3, 0.4) is 0 Å². The summed E-state index contributed by atoms with van der Waals surface area (Å²) in [6.07, 6.45) is 0. The molecule has 1 aromatic carbocycles. The Morgan fingerprint density at radius 3 is 2.47 bits per heavy atom. The van der Waals surface area contributed by atoms with E-state index in [1.54, 1.807) is 0 Å². The van der Waals surface area contributed by atoms with Crippen LogP contribution in [-0.2, 0) is 6.54 Å². The van der Waals surface area contributed by atoms with Crippen LogP contribution >= 0.6 is 15.9 Å². The van der Waals surface area contributed by atoms with Crippen molar-refractivity contribution < 1.29 is 0 Å². The summed E-state index contributed by atoms with van der Waals surface area (Å²) in [6.45, 7) is 6.84. The minimum atomic E-state index is -0.147. The van der Waals surface area contributed by atoms with E-state index >= 15 is 0 Å². The monoisotopic (exact) mass is 297 g/mol. The number of rotatable bonds is 2. The molecule has 4 heteroatoms. The van der Waals surface area contributed by atoms with Crippen LogP contribution < -0.4 is 5.73 Å². The first-order valence-electron chi connectivity index (χ1n) is 5.59. The zero-order valence-electron chi connectivity index (χ0n) is 10.9. The number of aliphatic imine (C=N–C) groups is 1. The number of guanidine groups is 1. The second kappa shape index (κ2) is 5.54. The number of nitrogens with zero attached hydrogens (tertiary/aromatic N) is 2. The van der Waals surface area contributed by atoms with Gasteiger partial charge in [0.15, 0.2) is 5.96 Å². The van der Waals surface area contributed by atoms with E-state index in [9.17, 15) is 0 Å². The van der Waals surface area contributed by atoms with E-state index in [-0.39, 0.29) is 5.54 Å². The Kier molecular flexibility index (Phi) is 4.57. The Hall–Kier alpha value is -1.03. The van der Waals surface area contributed by atoms with Crippen molar-refractivity contribution in [2.75, 3.05) is 7.05 Å². The normalized spacial score (nSPS) is 12.6. The van der Waals surface area contributed by atoms with Gasteiger partial charge in [0.05, 0.1) is 5.54 Å². The van der Waals surface area contributed by atoms with Gasteiger partial charge in [-0.1, -0.05) is 34.1 Å². The van der Waals surface area contributed by atoms with Gasteiger partial charge < -0.3 is 10.6 Å². The van der Waals surface area contributed by atoms with Crippen molar-refractivity contribution in [1.29, 1.82) is 0 Å². The lowest BCUT2D eigenvalue weighted by atomic mass is 10.1. The number of nitrogens with two attached hydrogens (primary N) is 1. The number of hydrogen-bond donors (Lipinski definition) is 1. The van der Waals surface area contributed by atoms with Gasteiger partial charge in [-0.2, -0.15) is 0 Å². The highest BCUT2D eigenvalue weighted by molar-refractivity contribution is 9.10. The molecule has 0 aromatic heterocycles. The maximum Gasteiger partial charge on any atom is 0.191 e. The van der Waals surface area contributed by atoms with E-state index in [1.165, 1.54) is 5.56 Å². The summed E-state index contributed by atoms with van der Waals surface area (Å²) in [5.74, 6) is 0.563. The Labute approximate surface area is 112 Å². The molecule has 0 saturated carbocycles. The minimum Gasteiger partial charge on any atom is -0.370 e. The summed E-state index contributed by atoms with van der Waals surface area (Å²) in [4.78, 5) is 6.39. The molecular weight excluding hydrogens is 278 g/mol. The predicted octanol–water partition coefficient (Wildman–Crippen LogP) is 2.99. The quantitative estimate of drug-likeness (QED) is 0.673. The minimum absolute atomic E-state index is 0.147. The van der Waals surface area contributed by atoms with Crippen LogP contribution in [0.4, 0.5) is 0 Å². The van der Waals surface area contributed by atoms with Crippen molar-refractivity contribution >= 4 is 21.9 Å². The number of benzene rings is 1. The molecule has 1 rings (SSSR count). The van der Waals surface area contributed by atoms with Gasteiger partial charge in [-0.15, -0.1) is 0 Å². The van der Waals surface area contributed by atoms with Crippen molar-refractivity contribution in [3.8, 4) is 0 Å². The highest BCUT2D eigenvalue weighted by Crippen LogP contribution is 2.17. The fourth-order valence-electron chi connectivity index (χ4n) is 1.39. The molecule has 0 aliphatic carbocycles. The van der Waals surface area contributed by atoms with Gasteiger partial charge in [-0.05, 0) is 32.4 Å². The molecule has 0 heterocycles. The first-order valence-corrected chi connectivity index (χ1v) is 6.39. The predicted molar refractivity (Wildman–Crippen MR) is 77.0 cm³/mol. The van der Waals surface area contributed by atoms with E-state index in [4.69, 9.17) is 5.73 Å². The summed E-state index contributed by atoms with van der Waals surface area (Å²) in [6, 6.07) is 8.12. The van der Waals surface area contributed by atoms with Crippen molar-refractivity contribution in [2.45, 2.75) is 32.9 Å². The zero-order valence-corrected chi connectivity index (χ0v) is 12.5. The summed E-state index contributed by atoms with van der Waals surface area (Å²) in [7, 11) is 1.95. The standard InChI is InChI=1S/C13H20BrN3/c1-13(2,3)16-12(15)17(4)9-10-7-5-6-8-11(10)14/h5-8H,9H2,1-4H3,(H2,15,16). The van der Waals surface area contributed by atoms with Crippen LogP contribution in [0.15, 0.2) is 33.7 Å². The van der Waals surface area contributed by atoms with Crippen molar-refractivity contribution in [3.05, 3.63) is 34.3 Å². The highest BCUT2D eigenvalue weighted by atomic mass is 79.9. The van der Waals surface area contributed by atoms with Gasteiger partial charge in [0.1, 0.15) is 0 Å². The summed E-state index contributed by atoms with van der Waals surface area (Å²) in [5.41, 5.74) is 7.01. The molecule has 0 atom stereocenters. The molecule has 0 fully saturated rings. The van der Waals surface area contributed by atoms with Crippen molar-refractivity contribution in [2.24, 2.45) is 10.7 Å². The molecule has 0 radical (unpaired) electrons. The average molecular weight is 298 g/mol. The Balaban J connectivity index is 2.77. The Bertz CT molecular complexity index is 407. The number of hydrogen-bond acceptors (Lipinski definition) is 1. The van der Waals surface area contributed by atoms with Gasteiger partial charge in [0.25, 0.3) is 0 Å². The van der Waals surface area contributed by atoms with E-state index in [2.05, 4.69) is 27.0 Å². The van der Waals surface area contributed by atoms with Crippen LogP contribution in [0.25, 0.3) is 0 Å². The molecular formula is C13H20BrN3. The first kappa shape index (κ1) is 14.0. The third kappa shape index (κ3) is 4.77. The summed E-state index contributed by atoms with van der Waals surface area (Å²) in [5, 5.41) is 0. The molecule has 94 valence electrons. The van der Waals surface area contributed by atoms with Gasteiger partial charge in [-0.3, -0.25) is 0 Å². The SMILES string of the molecule is CN(Cc1ccccc1Br)C(N)=NC(C)(C)C. The van der Waals surface area contributed by atoms with E-state index in [0.717, 1.165) is 11.0 Å². The van der Waals surface area contributed by atoms with Crippen LogP contribution in [0.1, 0.15) is 26.3 Å². The highest BCUT2D eigenvalue weighted by Gasteiger charge is 2.11. The summed E-state index contributed by atoms with van der Waals surface area (Å²) >= 11 is 3.53. The molecule has 0 aliphatic rings. The Morgan fingerprint density at radius 1 is 1.35 bits per heavy atom. The van der Waals surface area contributed by atoms with Crippen molar-refractivity contribution in [1.82, 2.24) is 4.90 Å². The summed E-state index contributed by atoms with van der Waals surface area (Å²) < 4.78 is 1.09. The third-order valence-corrected chi connectivity index (χ3v) is 2.98. The second-order valence-electron chi connectivity index (χ2n) is 5.09. The van der Waals surface area contributed by atoms with Gasteiger partial charge >= 0.3 is 0 Å². The van der Waals surface area contributed by atoms with Crippen LogP contribution in [0, 0.1) is 0 Å². The third-order valence-electron chi connectivity index (χ3n) is 2.21. The lowest BCUT2D eigenvalue weighted by molar-refractivity contribution is 0.473. The lowest BCUT2D eigenvalue weighted by Gasteiger charge is -2.22.